The predicted octanol–water partition coefficient (Wildman–Crippen LogP) is 2.87. The lowest BCUT2D eigenvalue weighted by molar-refractivity contribution is -0.146. The number of halogens is 1. The number of anilines is 1. The number of rotatable bonds is 6. The van der Waals surface area contributed by atoms with Crippen LogP contribution in [0.3, 0.4) is 0 Å². The summed E-state index contributed by atoms with van der Waals surface area (Å²) in [5.41, 5.74) is 2.77. The fraction of sp³-hybridized carbons (Fsp3) is 0.211. The zero-order valence-electron chi connectivity index (χ0n) is 14.5. The second kappa shape index (κ2) is 9.01. The van der Waals surface area contributed by atoms with Crippen molar-refractivity contribution in [3.05, 3.63) is 64.2 Å². The Labute approximate surface area is 156 Å². The van der Waals surface area contributed by atoms with Crippen LogP contribution in [0.1, 0.15) is 21.5 Å². The van der Waals surface area contributed by atoms with Gasteiger partial charge in [-0.05, 0) is 43.7 Å². The average Bonchev–Trinajstić information content (AvgIpc) is 2.61. The third-order valence-corrected chi connectivity index (χ3v) is 3.75. The van der Waals surface area contributed by atoms with Crippen LogP contribution in [-0.2, 0) is 14.3 Å². The number of nitrogens with one attached hydrogen (secondary N) is 2. The van der Waals surface area contributed by atoms with E-state index in [-0.39, 0.29) is 12.5 Å². The van der Waals surface area contributed by atoms with E-state index in [1.54, 1.807) is 36.4 Å². The van der Waals surface area contributed by atoms with Gasteiger partial charge in [-0.3, -0.25) is 14.4 Å². The van der Waals surface area contributed by atoms with Crippen molar-refractivity contribution in [1.82, 2.24) is 5.32 Å². The zero-order chi connectivity index (χ0) is 19.1. The van der Waals surface area contributed by atoms with Crippen LogP contribution < -0.4 is 10.6 Å². The summed E-state index contributed by atoms with van der Waals surface area (Å²) >= 11 is 5.88. The van der Waals surface area contributed by atoms with Gasteiger partial charge in [-0.15, -0.1) is 0 Å². The molecule has 0 saturated heterocycles. The molecule has 0 heterocycles. The van der Waals surface area contributed by atoms with Crippen molar-refractivity contribution < 1.29 is 19.1 Å². The molecule has 0 atom stereocenters. The molecule has 0 aliphatic rings. The molecule has 2 N–H and O–H groups in total. The molecule has 26 heavy (non-hydrogen) atoms. The van der Waals surface area contributed by atoms with Crippen molar-refractivity contribution in [2.24, 2.45) is 0 Å². The molecule has 0 bridgehead atoms. The number of benzene rings is 2. The molecule has 0 radical (unpaired) electrons. The summed E-state index contributed by atoms with van der Waals surface area (Å²) in [6, 6.07) is 12.1. The lowest BCUT2D eigenvalue weighted by Gasteiger charge is -2.10. The minimum atomic E-state index is -0.705. The Hall–Kier alpha value is -2.86. The van der Waals surface area contributed by atoms with Crippen LogP contribution in [0, 0.1) is 13.8 Å². The smallest absolute Gasteiger partial charge is 0.325 e. The van der Waals surface area contributed by atoms with E-state index in [9.17, 15) is 14.4 Å². The van der Waals surface area contributed by atoms with Gasteiger partial charge in [0.2, 0.25) is 0 Å². The van der Waals surface area contributed by atoms with E-state index < -0.39 is 18.5 Å². The molecule has 2 rings (SSSR count). The predicted molar refractivity (Wildman–Crippen MR) is 99.3 cm³/mol. The molecule has 6 nitrogen and oxygen atoms in total. The van der Waals surface area contributed by atoms with E-state index >= 15 is 0 Å². The van der Waals surface area contributed by atoms with Gasteiger partial charge in [-0.1, -0.05) is 35.4 Å². The maximum atomic E-state index is 11.9. The van der Waals surface area contributed by atoms with E-state index in [1.807, 2.05) is 19.9 Å². The molecule has 0 aromatic heterocycles. The third-order valence-electron chi connectivity index (χ3n) is 3.51. The van der Waals surface area contributed by atoms with Crippen LogP contribution in [-0.4, -0.2) is 30.9 Å². The van der Waals surface area contributed by atoms with Crippen LogP contribution >= 0.6 is 11.6 Å². The Bertz CT molecular complexity index is 836. The summed E-state index contributed by atoms with van der Waals surface area (Å²) in [4.78, 5) is 35.5. The highest BCUT2D eigenvalue weighted by molar-refractivity contribution is 6.31. The standard InChI is InChI=1S/C19H19ClN2O4/c1-12-4-3-5-14(8-12)19(25)21-10-18(24)26-11-17(23)22-16-9-15(20)7-6-13(16)2/h3-9H,10-11H2,1-2H3,(H,21,25)(H,22,23). The Morgan fingerprint density at radius 3 is 2.58 bits per heavy atom. The Balaban J connectivity index is 1.77. The van der Waals surface area contributed by atoms with Crippen molar-refractivity contribution in [3.8, 4) is 0 Å². The van der Waals surface area contributed by atoms with Crippen LogP contribution in [0.2, 0.25) is 5.02 Å². The highest BCUT2D eigenvalue weighted by Gasteiger charge is 2.12. The number of hydrogen-bond acceptors (Lipinski definition) is 4. The van der Waals surface area contributed by atoms with E-state index in [2.05, 4.69) is 10.6 Å². The summed E-state index contributed by atoms with van der Waals surface area (Å²) in [6.45, 7) is 2.91. The average molecular weight is 375 g/mol. The molecule has 2 amide bonds. The first-order chi connectivity index (χ1) is 12.3. The topological polar surface area (TPSA) is 84.5 Å². The quantitative estimate of drug-likeness (QED) is 0.761. The highest BCUT2D eigenvalue weighted by atomic mass is 35.5. The molecular weight excluding hydrogens is 356 g/mol. The van der Waals surface area contributed by atoms with Gasteiger partial charge in [0.1, 0.15) is 6.54 Å². The van der Waals surface area contributed by atoms with Crippen molar-refractivity contribution >= 4 is 35.1 Å². The van der Waals surface area contributed by atoms with Crippen molar-refractivity contribution in [2.45, 2.75) is 13.8 Å². The van der Waals surface area contributed by atoms with Crippen LogP contribution in [0.5, 0.6) is 0 Å². The number of carbonyl (C=O) groups is 3. The summed E-state index contributed by atoms with van der Waals surface area (Å²) in [7, 11) is 0. The first kappa shape index (κ1) is 19.5. The molecule has 0 saturated carbocycles. The van der Waals surface area contributed by atoms with E-state index in [1.165, 1.54) is 0 Å². The molecule has 0 spiro atoms. The maximum Gasteiger partial charge on any atom is 0.325 e. The van der Waals surface area contributed by atoms with E-state index in [0.717, 1.165) is 11.1 Å². The van der Waals surface area contributed by atoms with Gasteiger partial charge >= 0.3 is 5.97 Å². The molecular formula is C19H19ClN2O4. The summed E-state index contributed by atoms with van der Waals surface area (Å²) in [5, 5.41) is 5.56. The summed E-state index contributed by atoms with van der Waals surface area (Å²) in [5.74, 6) is -1.58. The minimum Gasteiger partial charge on any atom is -0.454 e. The van der Waals surface area contributed by atoms with E-state index in [0.29, 0.717) is 16.3 Å². The van der Waals surface area contributed by atoms with Crippen molar-refractivity contribution in [2.75, 3.05) is 18.5 Å². The normalized spacial score (nSPS) is 10.1. The Morgan fingerprint density at radius 1 is 1.08 bits per heavy atom. The van der Waals surface area contributed by atoms with Crippen LogP contribution in [0.15, 0.2) is 42.5 Å². The second-order valence-corrected chi connectivity index (χ2v) is 6.16. The first-order valence-corrected chi connectivity index (χ1v) is 8.29. The number of hydrogen-bond donors (Lipinski definition) is 2. The third kappa shape index (κ3) is 5.89. The number of aryl methyl sites for hydroxylation is 2. The fourth-order valence-corrected chi connectivity index (χ4v) is 2.33. The Morgan fingerprint density at radius 2 is 1.85 bits per heavy atom. The summed E-state index contributed by atoms with van der Waals surface area (Å²) < 4.78 is 4.86. The molecule has 2 aromatic rings. The molecule has 136 valence electrons. The fourth-order valence-electron chi connectivity index (χ4n) is 2.15. The number of amides is 2. The number of esters is 1. The molecule has 0 aliphatic heterocycles. The van der Waals surface area contributed by atoms with Crippen molar-refractivity contribution in [3.63, 3.8) is 0 Å². The van der Waals surface area contributed by atoms with Crippen LogP contribution in [0.25, 0.3) is 0 Å². The van der Waals surface area contributed by atoms with Gasteiger partial charge in [0.05, 0.1) is 0 Å². The van der Waals surface area contributed by atoms with Crippen molar-refractivity contribution in [1.29, 1.82) is 0 Å². The number of carbonyl (C=O) groups excluding carboxylic acids is 3. The first-order valence-electron chi connectivity index (χ1n) is 7.91. The van der Waals surface area contributed by atoms with Gasteiger partial charge in [0.15, 0.2) is 6.61 Å². The van der Waals surface area contributed by atoms with Crippen LogP contribution in [0.4, 0.5) is 5.69 Å². The van der Waals surface area contributed by atoms with E-state index in [4.69, 9.17) is 16.3 Å². The minimum absolute atomic E-state index is 0.323. The second-order valence-electron chi connectivity index (χ2n) is 5.72. The van der Waals surface area contributed by atoms with Gasteiger partial charge in [-0.25, -0.2) is 0 Å². The van der Waals surface area contributed by atoms with Gasteiger partial charge in [0, 0.05) is 16.3 Å². The monoisotopic (exact) mass is 374 g/mol. The lowest BCUT2D eigenvalue weighted by Crippen LogP contribution is -2.32. The molecule has 0 fully saturated rings. The van der Waals surface area contributed by atoms with Gasteiger partial charge in [0.25, 0.3) is 11.8 Å². The Kier molecular flexibility index (Phi) is 6.74. The molecule has 7 heteroatoms. The largest absolute Gasteiger partial charge is 0.454 e. The molecule has 0 unspecified atom stereocenters. The lowest BCUT2D eigenvalue weighted by atomic mass is 10.1. The molecule has 2 aromatic carbocycles. The summed E-state index contributed by atoms with van der Waals surface area (Å²) in [6.07, 6.45) is 0. The number of ether oxygens (including phenoxy) is 1. The zero-order valence-corrected chi connectivity index (χ0v) is 15.2. The van der Waals surface area contributed by atoms with Gasteiger partial charge in [-0.2, -0.15) is 0 Å². The maximum absolute atomic E-state index is 11.9. The SMILES string of the molecule is Cc1cccc(C(=O)NCC(=O)OCC(=O)Nc2cc(Cl)ccc2C)c1. The van der Waals surface area contributed by atoms with Gasteiger partial charge < -0.3 is 15.4 Å². The highest BCUT2D eigenvalue weighted by Crippen LogP contribution is 2.19. The molecule has 0 aliphatic carbocycles.